The number of rotatable bonds is 5. The van der Waals surface area contributed by atoms with E-state index < -0.39 is 0 Å². The van der Waals surface area contributed by atoms with Gasteiger partial charge in [0, 0.05) is 0 Å². The van der Waals surface area contributed by atoms with Crippen LogP contribution in [0, 0.1) is 41.5 Å². The summed E-state index contributed by atoms with van der Waals surface area (Å²) in [7, 11) is 0. The van der Waals surface area contributed by atoms with Crippen LogP contribution in [0.3, 0.4) is 0 Å². The fraction of sp³-hybridized carbons (Fsp3) is 0.200. The van der Waals surface area contributed by atoms with E-state index in [9.17, 15) is 15.3 Å². The molecule has 0 bridgehead atoms. The monoisotopic (exact) mass is 469 g/mol. The molecule has 4 aromatic carbocycles. The number of para-hydroxylation sites is 2. The topological polar surface area (TPSA) is 73.2 Å². The highest BCUT2D eigenvalue weighted by Crippen LogP contribution is 2.48. The van der Waals surface area contributed by atoms with Crippen molar-refractivity contribution in [2.45, 2.75) is 41.5 Å². The van der Waals surface area contributed by atoms with Crippen LogP contribution < -0.4 is 9.64 Å². The zero-order valence-corrected chi connectivity index (χ0v) is 21.0. The van der Waals surface area contributed by atoms with E-state index in [1.165, 1.54) is 0 Å². The molecule has 0 unspecified atom stereocenters. The van der Waals surface area contributed by atoms with E-state index in [-0.39, 0.29) is 17.2 Å². The van der Waals surface area contributed by atoms with Crippen molar-refractivity contribution in [3.05, 3.63) is 94.0 Å². The predicted molar refractivity (Wildman–Crippen MR) is 141 cm³/mol. The normalized spacial score (nSPS) is 10.9. The second-order valence-corrected chi connectivity index (χ2v) is 9.19. The van der Waals surface area contributed by atoms with E-state index in [2.05, 4.69) is 4.90 Å². The van der Waals surface area contributed by atoms with Crippen molar-refractivity contribution in [3.63, 3.8) is 0 Å². The first kappa shape index (κ1) is 24.0. The van der Waals surface area contributed by atoms with Crippen molar-refractivity contribution < 1.29 is 20.1 Å². The maximum Gasteiger partial charge on any atom is 0.172 e. The fourth-order valence-electron chi connectivity index (χ4n) is 4.83. The van der Waals surface area contributed by atoms with E-state index >= 15 is 0 Å². The van der Waals surface area contributed by atoms with Gasteiger partial charge in [0.1, 0.15) is 11.5 Å². The van der Waals surface area contributed by atoms with Crippen LogP contribution in [0.25, 0.3) is 0 Å². The van der Waals surface area contributed by atoms with Crippen LogP contribution in [-0.2, 0) is 0 Å². The van der Waals surface area contributed by atoms with E-state index in [4.69, 9.17) is 4.74 Å². The summed E-state index contributed by atoms with van der Waals surface area (Å²) in [6.07, 6.45) is 0. The molecule has 3 N–H and O–H groups in total. The summed E-state index contributed by atoms with van der Waals surface area (Å²) in [6.45, 7) is 11.7. The summed E-state index contributed by atoms with van der Waals surface area (Å²) in [4.78, 5) is 2.10. The number of ether oxygens (including phenoxy) is 1. The third-order valence-corrected chi connectivity index (χ3v) is 6.12. The fourth-order valence-corrected chi connectivity index (χ4v) is 4.83. The number of hydrogen-bond acceptors (Lipinski definition) is 5. The number of phenols is 3. The lowest BCUT2D eigenvalue weighted by molar-refractivity contribution is 0.409. The summed E-state index contributed by atoms with van der Waals surface area (Å²) >= 11 is 0. The quantitative estimate of drug-likeness (QED) is 0.277. The van der Waals surface area contributed by atoms with Gasteiger partial charge in [0.2, 0.25) is 0 Å². The lowest BCUT2D eigenvalue weighted by Crippen LogP contribution is -2.16. The van der Waals surface area contributed by atoms with Crippen LogP contribution in [0.4, 0.5) is 17.1 Å². The largest absolute Gasteiger partial charge is 0.508 e. The highest BCUT2D eigenvalue weighted by molar-refractivity contribution is 5.86. The second-order valence-electron chi connectivity index (χ2n) is 9.19. The molecule has 0 spiro atoms. The molecular formula is C30H31NO4. The Labute approximate surface area is 206 Å². The molecule has 5 nitrogen and oxygen atoms in total. The van der Waals surface area contributed by atoms with Gasteiger partial charge in [-0.3, -0.25) is 0 Å². The minimum absolute atomic E-state index is 0.0813. The molecular weight excluding hydrogens is 438 g/mol. The first-order chi connectivity index (χ1) is 16.6. The third kappa shape index (κ3) is 4.62. The van der Waals surface area contributed by atoms with Gasteiger partial charge in [0.15, 0.2) is 17.2 Å². The number of aryl methyl sites for hydroxylation is 6. The Morgan fingerprint density at radius 1 is 0.600 bits per heavy atom. The maximum atomic E-state index is 10.6. The van der Waals surface area contributed by atoms with E-state index in [0.717, 1.165) is 50.4 Å². The average molecular weight is 470 g/mol. The van der Waals surface area contributed by atoms with Crippen LogP contribution >= 0.6 is 0 Å². The molecule has 35 heavy (non-hydrogen) atoms. The van der Waals surface area contributed by atoms with Crippen molar-refractivity contribution in [3.8, 4) is 28.7 Å². The van der Waals surface area contributed by atoms with Crippen molar-refractivity contribution in [1.29, 1.82) is 0 Å². The molecule has 0 radical (unpaired) electrons. The summed E-state index contributed by atoms with van der Waals surface area (Å²) < 4.78 is 6.37. The van der Waals surface area contributed by atoms with Gasteiger partial charge in [-0.1, -0.05) is 18.2 Å². The van der Waals surface area contributed by atoms with Crippen molar-refractivity contribution in [2.75, 3.05) is 4.90 Å². The van der Waals surface area contributed by atoms with Gasteiger partial charge in [0.05, 0.1) is 17.1 Å². The Morgan fingerprint density at radius 3 is 1.57 bits per heavy atom. The molecule has 0 saturated carbocycles. The molecule has 180 valence electrons. The summed E-state index contributed by atoms with van der Waals surface area (Å²) in [5.74, 6) is 1.45. The van der Waals surface area contributed by atoms with Crippen LogP contribution in [0.2, 0.25) is 0 Å². The summed E-state index contributed by atoms with van der Waals surface area (Å²) in [5, 5.41) is 31.1. The minimum Gasteiger partial charge on any atom is -0.508 e. The zero-order valence-electron chi connectivity index (χ0n) is 21.0. The van der Waals surface area contributed by atoms with Gasteiger partial charge in [-0.15, -0.1) is 0 Å². The number of nitrogens with zero attached hydrogens (tertiary/aromatic N) is 1. The van der Waals surface area contributed by atoms with Gasteiger partial charge in [-0.2, -0.15) is 0 Å². The van der Waals surface area contributed by atoms with Gasteiger partial charge in [-0.25, -0.2) is 0 Å². The van der Waals surface area contributed by atoms with Crippen LogP contribution in [0.1, 0.15) is 33.4 Å². The first-order valence-electron chi connectivity index (χ1n) is 11.5. The Bertz CT molecular complexity index is 1300. The van der Waals surface area contributed by atoms with Gasteiger partial charge >= 0.3 is 0 Å². The number of benzene rings is 4. The number of aromatic hydroxyl groups is 3. The molecule has 0 aliphatic heterocycles. The van der Waals surface area contributed by atoms with Crippen molar-refractivity contribution in [1.82, 2.24) is 0 Å². The summed E-state index contributed by atoms with van der Waals surface area (Å²) in [6, 6.07) is 18.3. The molecule has 0 fully saturated rings. The van der Waals surface area contributed by atoms with Crippen molar-refractivity contribution >= 4 is 17.1 Å². The van der Waals surface area contributed by atoms with Gasteiger partial charge in [0.25, 0.3) is 0 Å². The van der Waals surface area contributed by atoms with E-state index in [0.29, 0.717) is 11.5 Å². The average Bonchev–Trinajstić information content (AvgIpc) is 2.74. The number of phenolic OH excluding ortho intramolecular Hbond substituents is 3. The lowest BCUT2D eigenvalue weighted by atomic mass is 10.0. The molecule has 0 aliphatic rings. The second kappa shape index (κ2) is 9.26. The Morgan fingerprint density at radius 2 is 1.09 bits per heavy atom. The van der Waals surface area contributed by atoms with E-state index in [1.54, 1.807) is 30.3 Å². The van der Waals surface area contributed by atoms with Crippen LogP contribution in [-0.4, -0.2) is 15.3 Å². The highest BCUT2D eigenvalue weighted by Gasteiger charge is 2.25. The van der Waals surface area contributed by atoms with Crippen LogP contribution in [0.15, 0.2) is 60.7 Å². The Hall–Kier alpha value is -4.12. The Kier molecular flexibility index (Phi) is 6.35. The molecule has 4 rings (SSSR count). The third-order valence-electron chi connectivity index (χ3n) is 6.12. The summed E-state index contributed by atoms with van der Waals surface area (Å²) in [5.41, 5.74) is 7.90. The van der Waals surface area contributed by atoms with Gasteiger partial charge in [-0.05, 0) is 117 Å². The first-order valence-corrected chi connectivity index (χ1v) is 11.5. The molecule has 0 aromatic heterocycles. The highest BCUT2D eigenvalue weighted by atomic mass is 16.5. The molecule has 0 aliphatic carbocycles. The smallest absolute Gasteiger partial charge is 0.172 e. The molecule has 5 heteroatoms. The standard InChI is InChI=1S/C30H31NO4/c1-17-11-22(6)30(26(34)12-17)35-27-10-8-7-9-25(27)31(28-18(2)13-23(32)14-19(28)3)29-20(4)15-24(33)16-21(29)5/h7-16,32-34H,1-6H3. The number of anilines is 3. The molecule has 0 amide bonds. The molecule has 0 heterocycles. The minimum atomic E-state index is 0.0813. The Balaban J connectivity index is 2.00. The van der Waals surface area contributed by atoms with Gasteiger partial charge < -0.3 is 25.0 Å². The number of hydrogen-bond donors (Lipinski definition) is 3. The molecule has 0 atom stereocenters. The van der Waals surface area contributed by atoms with E-state index in [1.807, 2.05) is 71.9 Å². The molecule has 4 aromatic rings. The SMILES string of the molecule is Cc1cc(C)c(Oc2ccccc2N(c2c(C)cc(O)cc2C)c2c(C)cc(O)cc2C)c(O)c1. The zero-order chi connectivity index (χ0) is 25.4. The predicted octanol–water partition coefficient (Wildman–Crippen LogP) is 7.92. The van der Waals surface area contributed by atoms with Crippen LogP contribution in [0.5, 0.6) is 28.7 Å². The van der Waals surface area contributed by atoms with Crippen molar-refractivity contribution in [2.24, 2.45) is 0 Å². The lowest BCUT2D eigenvalue weighted by Gasteiger charge is -2.32. The molecule has 0 saturated heterocycles. The maximum absolute atomic E-state index is 10.6.